The molecule has 2 aromatic rings. The van der Waals surface area contributed by atoms with Gasteiger partial charge in [-0.2, -0.15) is 5.10 Å². The van der Waals surface area contributed by atoms with Crippen molar-refractivity contribution >= 4 is 29.1 Å². The molecule has 1 saturated carbocycles. The fraction of sp³-hybridized carbons (Fsp3) is 0.333. The number of carbonyl (C=O) groups excluding carboxylic acids is 3. The van der Waals surface area contributed by atoms with Gasteiger partial charge < -0.3 is 10.6 Å². The van der Waals surface area contributed by atoms with E-state index in [0.717, 1.165) is 24.0 Å². The lowest BCUT2D eigenvalue weighted by molar-refractivity contribution is -0.126. The summed E-state index contributed by atoms with van der Waals surface area (Å²) >= 11 is 0. The largest absolute Gasteiger partial charge is 0.352 e. The van der Waals surface area contributed by atoms with Gasteiger partial charge in [-0.3, -0.25) is 14.4 Å². The van der Waals surface area contributed by atoms with E-state index in [1.54, 1.807) is 6.07 Å². The van der Waals surface area contributed by atoms with E-state index in [0.29, 0.717) is 12.1 Å². The summed E-state index contributed by atoms with van der Waals surface area (Å²) in [5.41, 5.74) is 2.83. The Morgan fingerprint density at radius 1 is 1.10 bits per heavy atom. The maximum Gasteiger partial charge on any atom is 0.268 e. The number of rotatable bonds is 7. The molecule has 0 radical (unpaired) electrons. The van der Waals surface area contributed by atoms with Crippen molar-refractivity contribution < 1.29 is 14.4 Å². The molecular weight excluding hydrogens is 392 g/mol. The first-order valence-corrected chi connectivity index (χ1v) is 10.6. The summed E-state index contributed by atoms with van der Waals surface area (Å²) in [5, 5.41) is 11.4. The normalized spacial score (nSPS) is 17.0. The Balaban J connectivity index is 1.51. The van der Waals surface area contributed by atoms with Crippen LogP contribution in [0, 0.1) is 6.92 Å². The molecule has 1 aliphatic heterocycles. The Morgan fingerprint density at radius 2 is 1.87 bits per heavy atom. The monoisotopic (exact) mass is 418 g/mol. The third kappa shape index (κ3) is 5.36. The predicted molar refractivity (Wildman–Crippen MR) is 119 cm³/mol. The molecule has 2 N–H and O–H groups in total. The van der Waals surface area contributed by atoms with Crippen molar-refractivity contribution in [2.24, 2.45) is 5.10 Å². The van der Waals surface area contributed by atoms with E-state index in [9.17, 15) is 14.4 Å². The van der Waals surface area contributed by atoms with Gasteiger partial charge in [0.25, 0.3) is 5.91 Å². The van der Waals surface area contributed by atoms with Crippen LogP contribution in [-0.2, 0) is 20.8 Å². The molecule has 7 nitrogen and oxygen atoms in total. The molecular formula is C24H26N4O3. The lowest BCUT2D eigenvalue weighted by atomic mass is 10.0. The van der Waals surface area contributed by atoms with Crippen molar-refractivity contribution in [3.63, 3.8) is 0 Å². The Kier molecular flexibility index (Phi) is 6.11. The van der Waals surface area contributed by atoms with Gasteiger partial charge in [0, 0.05) is 25.3 Å². The van der Waals surface area contributed by atoms with Crippen molar-refractivity contribution in [1.82, 2.24) is 10.6 Å². The minimum absolute atomic E-state index is 0.158. The molecule has 160 valence electrons. The highest BCUT2D eigenvalue weighted by molar-refractivity contribution is 6.40. The van der Waals surface area contributed by atoms with Crippen molar-refractivity contribution in [1.29, 1.82) is 0 Å². The van der Waals surface area contributed by atoms with E-state index >= 15 is 0 Å². The SMILES string of the molecule is Cc1cccc(N2N=C(C(=O)NC(Cc3ccccc3)C(=O)NC3CC3)CCC2=O)c1. The van der Waals surface area contributed by atoms with Gasteiger partial charge in [0.1, 0.15) is 11.8 Å². The third-order valence-electron chi connectivity index (χ3n) is 5.37. The lowest BCUT2D eigenvalue weighted by Gasteiger charge is -2.25. The molecule has 7 heteroatoms. The highest BCUT2D eigenvalue weighted by Crippen LogP contribution is 2.22. The van der Waals surface area contributed by atoms with Crippen molar-refractivity contribution in [2.45, 2.75) is 51.1 Å². The third-order valence-corrected chi connectivity index (χ3v) is 5.37. The summed E-state index contributed by atoms with van der Waals surface area (Å²) in [6.07, 6.45) is 2.77. The Hall–Kier alpha value is -3.48. The van der Waals surface area contributed by atoms with Gasteiger partial charge in [0.15, 0.2) is 0 Å². The average molecular weight is 418 g/mol. The Bertz CT molecular complexity index is 1010. The van der Waals surface area contributed by atoms with E-state index in [-0.39, 0.29) is 36.4 Å². The van der Waals surface area contributed by atoms with Gasteiger partial charge in [-0.25, -0.2) is 5.01 Å². The van der Waals surface area contributed by atoms with Crippen LogP contribution in [0.2, 0.25) is 0 Å². The Morgan fingerprint density at radius 3 is 2.58 bits per heavy atom. The van der Waals surface area contributed by atoms with Gasteiger partial charge >= 0.3 is 0 Å². The number of nitrogens with zero attached hydrogens (tertiary/aromatic N) is 2. The maximum atomic E-state index is 13.0. The zero-order chi connectivity index (χ0) is 21.8. The number of benzene rings is 2. The molecule has 31 heavy (non-hydrogen) atoms. The molecule has 1 atom stereocenters. The summed E-state index contributed by atoms with van der Waals surface area (Å²) in [7, 11) is 0. The molecule has 3 amide bonds. The summed E-state index contributed by atoms with van der Waals surface area (Å²) in [4.78, 5) is 38.2. The molecule has 2 aliphatic rings. The molecule has 1 fully saturated rings. The molecule has 1 heterocycles. The molecule has 0 bridgehead atoms. The summed E-state index contributed by atoms with van der Waals surface area (Å²) in [6.45, 7) is 1.93. The number of aryl methyl sites for hydroxylation is 1. The molecule has 1 unspecified atom stereocenters. The zero-order valence-corrected chi connectivity index (χ0v) is 17.5. The molecule has 0 spiro atoms. The van der Waals surface area contributed by atoms with Crippen LogP contribution in [0.5, 0.6) is 0 Å². The summed E-state index contributed by atoms with van der Waals surface area (Å²) in [6, 6.07) is 16.5. The minimum atomic E-state index is -0.705. The standard InChI is InChI=1S/C24H26N4O3/c1-16-6-5-9-19(14-16)28-22(29)13-12-20(27-28)23(30)26-21(24(31)25-18-10-11-18)15-17-7-3-2-4-8-17/h2-9,14,18,21H,10-13,15H2,1H3,(H,25,31)(H,26,30). The van der Waals surface area contributed by atoms with E-state index in [4.69, 9.17) is 0 Å². The molecule has 1 aliphatic carbocycles. The second-order valence-electron chi connectivity index (χ2n) is 8.09. The number of amides is 3. The number of hydrogen-bond acceptors (Lipinski definition) is 4. The smallest absolute Gasteiger partial charge is 0.268 e. The zero-order valence-electron chi connectivity index (χ0n) is 17.5. The van der Waals surface area contributed by atoms with E-state index in [2.05, 4.69) is 15.7 Å². The first kappa shape index (κ1) is 20.8. The van der Waals surface area contributed by atoms with Crippen molar-refractivity contribution in [2.75, 3.05) is 5.01 Å². The van der Waals surface area contributed by atoms with Crippen LogP contribution in [-0.4, -0.2) is 35.5 Å². The fourth-order valence-corrected chi connectivity index (χ4v) is 3.51. The number of hydrogen-bond donors (Lipinski definition) is 2. The Labute approximate surface area is 181 Å². The van der Waals surface area contributed by atoms with E-state index in [1.165, 1.54) is 5.01 Å². The predicted octanol–water partition coefficient (Wildman–Crippen LogP) is 2.48. The van der Waals surface area contributed by atoms with Crippen molar-refractivity contribution in [3.05, 3.63) is 65.7 Å². The minimum Gasteiger partial charge on any atom is -0.352 e. The number of hydrazone groups is 1. The highest BCUT2D eigenvalue weighted by atomic mass is 16.2. The number of nitrogens with one attached hydrogen (secondary N) is 2. The second-order valence-corrected chi connectivity index (χ2v) is 8.09. The van der Waals surface area contributed by atoms with Crippen LogP contribution in [0.1, 0.15) is 36.8 Å². The van der Waals surface area contributed by atoms with Crippen LogP contribution in [0.25, 0.3) is 0 Å². The molecule has 4 rings (SSSR count). The van der Waals surface area contributed by atoms with Gasteiger partial charge in [0.2, 0.25) is 11.8 Å². The summed E-state index contributed by atoms with van der Waals surface area (Å²) < 4.78 is 0. The first-order chi connectivity index (χ1) is 15.0. The molecule has 0 saturated heterocycles. The van der Waals surface area contributed by atoms with Crippen LogP contribution in [0.3, 0.4) is 0 Å². The van der Waals surface area contributed by atoms with E-state index in [1.807, 2.05) is 55.5 Å². The van der Waals surface area contributed by atoms with Crippen LogP contribution < -0.4 is 15.6 Å². The number of carbonyl (C=O) groups is 3. The topological polar surface area (TPSA) is 90.9 Å². The average Bonchev–Trinajstić information content (AvgIpc) is 3.58. The number of anilines is 1. The maximum absolute atomic E-state index is 13.0. The quantitative estimate of drug-likeness (QED) is 0.724. The van der Waals surface area contributed by atoms with Crippen LogP contribution >= 0.6 is 0 Å². The van der Waals surface area contributed by atoms with Crippen molar-refractivity contribution in [3.8, 4) is 0 Å². The van der Waals surface area contributed by atoms with Crippen LogP contribution in [0.4, 0.5) is 5.69 Å². The summed E-state index contributed by atoms with van der Waals surface area (Å²) in [5.74, 6) is -0.769. The van der Waals surface area contributed by atoms with E-state index < -0.39 is 11.9 Å². The van der Waals surface area contributed by atoms with Gasteiger partial charge in [-0.05, 0) is 43.0 Å². The molecule has 0 aromatic heterocycles. The highest BCUT2D eigenvalue weighted by Gasteiger charge is 2.31. The fourth-order valence-electron chi connectivity index (χ4n) is 3.51. The lowest BCUT2D eigenvalue weighted by Crippen LogP contribution is -2.51. The second kappa shape index (κ2) is 9.12. The van der Waals surface area contributed by atoms with Crippen LogP contribution in [0.15, 0.2) is 59.7 Å². The molecule has 2 aromatic carbocycles. The first-order valence-electron chi connectivity index (χ1n) is 10.6. The van der Waals surface area contributed by atoms with Gasteiger partial charge in [-0.1, -0.05) is 42.5 Å². The van der Waals surface area contributed by atoms with Gasteiger partial charge in [-0.15, -0.1) is 0 Å². The van der Waals surface area contributed by atoms with Gasteiger partial charge in [0.05, 0.1) is 5.69 Å².